The van der Waals surface area contributed by atoms with Gasteiger partial charge in [-0.25, -0.2) is 13.4 Å². The van der Waals surface area contributed by atoms with Gasteiger partial charge in [0, 0.05) is 51.9 Å². The van der Waals surface area contributed by atoms with E-state index in [1.807, 2.05) is 23.7 Å². The first kappa shape index (κ1) is 21.5. The highest BCUT2D eigenvalue weighted by Gasteiger charge is 2.26. The van der Waals surface area contributed by atoms with Crippen molar-refractivity contribution >= 4 is 27.0 Å². The lowest BCUT2D eigenvalue weighted by atomic mass is 10.2. The summed E-state index contributed by atoms with van der Waals surface area (Å²) < 4.78 is 29.4. The van der Waals surface area contributed by atoms with Crippen LogP contribution in [-0.4, -0.2) is 46.3 Å². The van der Waals surface area contributed by atoms with E-state index in [9.17, 15) is 13.2 Å². The maximum Gasteiger partial charge on any atom is 0.243 e. The Bertz CT molecular complexity index is 1170. The average Bonchev–Trinajstić information content (AvgIpc) is 3.12. The quantitative estimate of drug-likeness (QED) is 0.607. The molecule has 1 amide bonds. The second-order valence-electron chi connectivity index (χ2n) is 7.83. The first-order valence-electron chi connectivity index (χ1n) is 10.6. The van der Waals surface area contributed by atoms with Crippen LogP contribution in [0.4, 0.5) is 0 Å². The van der Waals surface area contributed by atoms with Gasteiger partial charge in [0.1, 0.15) is 5.82 Å². The van der Waals surface area contributed by atoms with Crippen LogP contribution in [0.15, 0.2) is 47.6 Å². The molecule has 0 bridgehead atoms. The van der Waals surface area contributed by atoms with Crippen LogP contribution in [-0.2, 0) is 34.8 Å². The van der Waals surface area contributed by atoms with E-state index in [1.54, 1.807) is 34.9 Å². The Morgan fingerprint density at radius 1 is 1.10 bits per heavy atom. The van der Waals surface area contributed by atoms with Gasteiger partial charge in [0.2, 0.25) is 15.9 Å². The average molecular weight is 442 g/mol. The Morgan fingerprint density at radius 2 is 1.84 bits per heavy atom. The Hall–Kier alpha value is -2.78. The van der Waals surface area contributed by atoms with Gasteiger partial charge in [-0.1, -0.05) is 6.42 Å². The van der Waals surface area contributed by atoms with Gasteiger partial charge in [-0.2, -0.15) is 4.31 Å². The van der Waals surface area contributed by atoms with E-state index >= 15 is 0 Å². The molecule has 4 rings (SSSR count). The van der Waals surface area contributed by atoms with E-state index in [0.717, 1.165) is 36.2 Å². The Labute approximate surface area is 182 Å². The summed E-state index contributed by atoms with van der Waals surface area (Å²) >= 11 is 0. The number of nitrogens with zero attached hydrogens (tertiary/aromatic N) is 4. The number of fused-ring (bicyclic) bond motifs is 1. The maximum atomic E-state index is 13.0. The summed E-state index contributed by atoms with van der Waals surface area (Å²) in [5.74, 6) is 0.693. The van der Waals surface area contributed by atoms with Gasteiger partial charge in [0.25, 0.3) is 0 Å². The van der Waals surface area contributed by atoms with Crippen molar-refractivity contribution in [1.29, 1.82) is 0 Å². The molecule has 0 atom stereocenters. The van der Waals surface area contributed by atoms with Crippen LogP contribution in [0.3, 0.4) is 0 Å². The lowest BCUT2D eigenvalue weighted by molar-refractivity contribution is -0.121. The fraction of sp³-hybridized carbons (Fsp3) is 0.409. The third-order valence-electron chi connectivity index (χ3n) is 5.71. The summed E-state index contributed by atoms with van der Waals surface area (Å²) in [6, 6.07) is 8.82. The van der Waals surface area contributed by atoms with Crippen molar-refractivity contribution < 1.29 is 13.2 Å². The number of hydrogen-bond donors (Lipinski definition) is 1. The van der Waals surface area contributed by atoms with Crippen molar-refractivity contribution in [3.8, 4) is 0 Å². The van der Waals surface area contributed by atoms with E-state index in [1.165, 1.54) is 0 Å². The molecule has 0 unspecified atom stereocenters. The zero-order valence-electron chi connectivity index (χ0n) is 17.6. The topological polar surface area (TPSA) is 97.2 Å². The summed E-state index contributed by atoms with van der Waals surface area (Å²) in [4.78, 5) is 21.1. The molecule has 0 radical (unpaired) electrons. The molecule has 0 spiro atoms. The number of carbonyl (C=O) groups is 1. The first-order chi connectivity index (χ1) is 14.9. The summed E-state index contributed by atoms with van der Waals surface area (Å²) in [5, 5.41) is 2.90. The molecule has 3 aromatic rings. The molecular formula is C22H27N5O3S. The van der Waals surface area contributed by atoms with Crippen LogP contribution in [0.2, 0.25) is 0 Å². The van der Waals surface area contributed by atoms with Gasteiger partial charge in [0.05, 0.1) is 15.9 Å². The third-order valence-corrected chi connectivity index (χ3v) is 7.61. The van der Waals surface area contributed by atoms with Crippen LogP contribution in [0.1, 0.15) is 37.1 Å². The van der Waals surface area contributed by atoms with Gasteiger partial charge in [-0.15, -0.1) is 0 Å². The molecule has 31 heavy (non-hydrogen) atoms. The van der Waals surface area contributed by atoms with Gasteiger partial charge in [-0.3, -0.25) is 9.78 Å². The second-order valence-corrected chi connectivity index (χ2v) is 9.77. The normalized spacial score (nSPS) is 15.3. The number of rotatable bonds is 7. The maximum absolute atomic E-state index is 13.0. The molecule has 0 saturated carbocycles. The number of imidazole rings is 1. The lowest BCUT2D eigenvalue weighted by Gasteiger charge is -2.25. The van der Waals surface area contributed by atoms with Crippen molar-refractivity contribution in [1.82, 2.24) is 24.2 Å². The molecule has 8 nitrogen and oxygen atoms in total. The van der Waals surface area contributed by atoms with E-state index < -0.39 is 10.0 Å². The first-order valence-corrected chi connectivity index (χ1v) is 12.0. The molecule has 0 aliphatic carbocycles. The van der Waals surface area contributed by atoms with E-state index in [4.69, 9.17) is 0 Å². The third kappa shape index (κ3) is 4.77. The van der Waals surface area contributed by atoms with Gasteiger partial charge >= 0.3 is 0 Å². The van der Waals surface area contributed by atoms with E-state index in [-0.39, 0.29) is 10.8 Å². The predicted octanol–water partition coefficient (Wildman–Crippen LogP) is 2.39. The van der Waals surface area contributed by atoms with Gasteiger partial charge < -0.3 is 9.88 Å². The number of nitrogens with one attached hydrogen (secondary N) is 1. The highest BCUT2D eigenvalue weighted by Crippen LogP contribution is 2.24. The largest absolute Gasteiger partial charge is 0.352 e. The zero-order chi connectivity index (χ0) is 21.8. The number of aryl methyl sites for hydroxylation is 2. The number of piperidine rings is 1. The molecule has 2 aromatic heterocycles. The highest BCUT2D eigenvalue weighted by atomic mass is 32.2. The van der Waals surface area contributed by atoms with Crippen molar-refractivity contribution in [2.45, 2.75) is 43.5 Å². The van der Waals surface area contributed by atoms with Crippen LogP contribution < -0.4 is 5.32 Å². The van der Waals surface area contributed by atoms with E-state index in [0.29, 0.717) is 38.0 Å². The number of hydrogen-bond acceptors (Lipinski definition) is 5. The predicted molar refractivity (Wildman–Crippen MR) is 118 cm³/mol. The van der Waals surface area contributed by atoms with E-state index in [2.05, 4.69) is 15.3 Å². The molecule has 1 saturated heterocycles. The highest BCUT2D eigenvalue weighted by molar-refractivity contribution is 7.89. The number of aromatic nitrogens is 3. The molecule has 1 N–H and O–H groups in total. The molecule has 3 heterocycles. The minimum absolute atomic E-state index is 0.0581. The zero-order valence-corrected chi connectivity index (χ0v) is 18.4. The fourth-order valence-electron chi connectivity index (χ4n) is 3.88. The van der Waals surface area contributed by atoms with Gasteiger partial charge in [-0.05, 0) is 48.7 Å². The van der Waals surface area contributed by atoms with Crippen molar-refractivity contribution in [3.05, 3.63) is 54.1 Å². The monoisotopic (exact) mass is 441 g/mol. The molecule has 1 fully saturated rings. The Morgan fingerprint density at radius 3 is 2.58 bits per heavy atom. The fourth-order valence-corrected chi connectivity index (χ4v) is 5.42. The molecule has 164 valence electrons. The molecule has 1 aliphatic heterocycles. The number of benzene rings is 1. The van der Waals surface area contributed by atoms with Gasteiger partial charge in [0.15, 0.2) is 0 Å². The molecule has 9 heteroatoms. The van der Waals surface area contributed by atoms with Crippen molar-refractivity contribution in [2.75, 3.05) is 13.1 Å². The van der Waals surface area contributed by atoms with Crippen LogP contribution in [0.5, 0.6) is 0 Å². The second kappa shape index (κ2) is 9.15. The van der Waals surface area contributed by atoms with Crippen molar-refractivity contribution in [2.24, 2.45) is 7.05 Å². The van der Waals surface area contributed by atoms with Crippen LogP contribution in [0, 0.1) is 0 Å². The molecule has 1 aromatic carbocycles. The minimum Gasteiger partial charge on any atom is -0.352 e. The number of pyridine rings is 1. The Balaban J connectivity index is 1.44. The van der Waals surface area contributed by atoms with Crippen LogP contribution >= 0.6 is 0 Å². The summed E-state index contributed by atoms with van der Waals surface area (Å²) in [6.07, 6.45) is 7.05. The number of sulfonamides is 1. The summed E-state index contributed by atoms with van der Waals surface area (Å²) in [7, 11) is -1.61. The lowest BCUT2D eigenvalue weighted by Crippen LogP contribution is -2.35. The number of carbonyl (C=O) groups excluding carboxylic acids is 1. The van der Waals surface area contributed by atoms with Crippen molar-refractivity contribution in [3.63, 3.8) is 0 Å². The van der Waals surface area contributed by atoms with Crippen LogP contribution in [0.25, 0.3) is 11.0 Å². The molecular weight excluding hydrogens is 414 g/mol. The number of amides is 1. The Kier molecular flexibility index (Phi) is 6.33. The standard InChI is InChI=1S/C22H27N5O3S/c1-26-20-6-5-18(31(29,30)27-13-3-2-4-14-27)15-19(20)25-21(26)7-8-22(28)24-16-17-9-11-23-12-10-17/h5-6,9-12,15H,2-4,7-8,13-14,16H2,1H3,(H,24,28). The SMILES string of the molecule is Cn1c(CCC(=O)NCc2ccncc2)nc2cc(S(=O)(=O)N3CCCCC3)ccc21. The minimum atomic E-state index is -3.50. The summed E-state index contributed by atoms with van der Waals surface area (Å²) in [6.45, 7) is 1.60. The molecule has 1 aliphatic rings. The smallest absolute Gasteiger partial charge is 0.243 e. The summed E-state index contributed by atoms with van der Waals surface area (Å²) in [5.41, 5.74) is 2.48.